The maximum Gasteiger partial charge on any atom is 0.251 e. The minimum Gasteiger partial charge on any atom is -0.378 e. The Hall–Kier alpha value is -1.66. The summed E-state index contributed by atoms with van der Waals surface area (Å²) in [5, 5.41) is 6.00. The molecule has 0 radical (unpaired) electrons. The quantitative estimate of drug-likeness (QED) is 0.635. The van der Waals surface area contributed by atoms with Crippen molar-refractivity contribution in [2.24, 2.45) is 0 Å². The van der Waals surface area contributed by atoms with E-state index in [1.165, 1.54) is 0 Å². The van der Waals surface area contributed by atoms with Crippen LogP contribution in [0.15, 0.2) is 18.3 Å². The summed E-state index contributed by atoms with van der Waals surface area (Å²) in [4.78, 5) is 18.2. The lowest BCUT2D eigenvalue weighted by Gasteiger charge is -2.10. The van der Waals surface area contributed by atoms with Crippen LogP contribution in [-0.2, 0) is 4.74 Å². The molecule has 6 nitrogen and oxygen atoms in total. The third-order valence-corrected chi connectivity index (χ3v) is 2.79. The van der Waals surface area contributed by atoms with Gasteiger partial charge in [-0.25, -0.2) is 4.98 Å². The zero-order valence-corrected chi connectivity index (χ0v) is 13.2. The van der Waals surface area contributed by atoms with Gasteiger partial charge in [0.05, 0.1) is 13.2 Å². The van der Waals surface area contributed by atoms with E-state index in [9.17, 15) is 4.79 Å². The molecule has 2 N–H and O–H groups in total. The second-order valence-electron chi connectivity index (χ2n) is 5.03. The van der Waals surface area contributed by atoms with Crippen LogP contribution in [0.3, 0.4) is 0 Å². The molecule has 21 heavy (non-hydrogen) atoms. The molecule has 1 amide bonds. The van der Waals surface area contributed by atoms with Gasteiger partial charge in [0.15, 0.2) is 0 Å². The first kappa shape index (κ1) is 17.4. The Labute approximate surface area is 126 Å². The van der Waals surface area contributed by atoms with Gasteiger partial charge in [0.25, 0.3) is 5.91 Å². The molecule has 1 aromatic heterocycles. The first-order valence-electron chi connectivity index (χ1n) is 7.34. The summed E-state index contributed by atoms with van der Waals surface area (Å²) in [6.45, 7) is 5.50. The van der Waals surface area contributed by atoms with E-state index in [1.807, 2.05) is 14.1 Å². The molecule has 0 aliphatic rings. The number of aromatic nitrogens is 1. The second-order valence-corrected chi connectivity index (χ2v) is 5.03. The lowest BCUT2D eigenvalue weighted by atomic mass is 10.2. The van der Waals surface area contributed by atoms with Crippen molar-refractivity contribution >= 4 is 11.7 Å². The number of likely N-dealkylation sites (N-methyl/N-ethyl adjacent to an activating group) is 1. The van der Waals surface area contributed by atoms with E-state index >= 15 is 0 Å². The Balaban J connectivity index is 2.28. The molecular weight excluding hydrogens is 268 g/mol. The average Bonchev–Trinajstić information content (AvgIpc) is 2.48. The largest absolute Gasteiger partial charge is 0.378 e. The summed E-state index contributed by atoms with van der Waals surface area (Å²) in [6, 6.07) is 3.47. The van der Waals surface area contributed by atoms with Crippen LogP contribution < -0.4 is 10.6 Å². The fourth-order valence-corrected chi connectivity index (χ4v) is 1.61. The number of nitrogens with one attached hydrogen (secondary N) is 2. The number of nitrogens with zero attached hydrogens (tertiary/aromatic N) is 2. The number of rotatable bonds is 10. The van der Waals surface area contributed by atoms with Crippen LogP contribution in [0.1, 0.15) is 23.7 Å². The highest BCUT2D eigenvalue weighted by atomic mass is 16.5. The molecule has 0 aliphatic heterocycles. The van der Waals surface area contributed by atoms with Gasteiger partial charge in [-0.2, -0.15) is 0 Å². The SMILES string of the molecule is CCCNc1cc(C(=O)NCCOCCN(C)C)ccn1. The smallest absolute Gasteiger partial charge is 0.251 e. The van der Waals surface area contributed by atoms with Crippen LogP contribution >= 0.6 is 0 Å². The summed E-state index contributed by atoms with van der Waals surface area (Å²) in [5.74, 6) is 0.625. The van der Waals surface area contributed by atoms with Crippen molar-refractivity contribution in [2.45, 2.75) is 13.3 Å². The lowest BCUT2D eigenvalue weighted by Crippen LogP contribution is -2.28. The van der Waals surface area contributed by atoms with E-state index in [1.54, 1.807) is 18.3 Å². The van der Waals surface area contributed by atoms with Gasteiger partial charge in [0.1, 0.15) is 5.82 Å². The fraction of sp³-hybridized carbons (Fsp3) is 0.600. The maximum atomic E-state index is 12.0. The van der Waals surface area contributed by atoms with Crippen LogP contribution in [0.25, 0.3) is 0 Å². The molecule has 0 spiro atoms. The van der Waals surface area contributed by atoms with E-state index < -0.39 is 0 Å². The predicted octanol–water partition coefficient (Wildman–Crippen LogP) is 1.21. The molecule has 0 atom stereocenters. The number of hydrogen-bond acceptors (Lipinski definition) is 5. The van der Waals surface area contributed by atoms with Crippen LogP contribution in [0.4, 0.5) is 5.82 Å². The van der Waals surface area contributed by atoms with Gasteiger partial charge in [0, 0.05) is 31.4 Å². The molecule has 118 valence electrons. The lowest BCUT2D eigenvalue weighted by molar-refractivity contribution is 0.0900. The first-order chi connectivity index (χ1) is 10.1. The highest BCUT2D eigenvalue weighted by Gasteiger charge is 2.06. The zero-order valence-electron chi connectivity index (χ0n) is 13.2. The summed E-state index contributed by atoms with van der Waals surface area (Å²) < 4.78 is 5.43. The number of pyridine rings is 1. The molecule has 0 saturated carbocycles. The van der Waals surface area contributed by atoms with Crippen LogP contribution in [0.5, 0.6) is 0 Å². The average molecular weight is 294 g/mol. The molecule has 1 heterocycles. The van der Waals surface area contributed by atoms with Crippen LogP contribution in [0.2, 0.25) is 0 Å². The van der Waals surface area contributed by atoms with Crippen molar-refractivity contribution in [3.8, 4) is 0 Å². The summed E-state index contributed by atoms with van der Waals surface area (Å²) in [6.07, 6.45) is 2.66. The van der Waals surface area contributed by atoms with Crippen molar-refractivity contribution in [1.82, 2.24) is 15.2 Å². The van der Waals surface area contributed by atoms with Crippen LogP contribution in [0, 0.1) is 0 Å². The van der Waals surface area contributed by atoms with Crippen molar-refractivity contribution in [3.63, 3.8) is 0 Å². The second kappa shape index (κ2) is 10.1. The predicted molar refractivity (Wildman–Crippen MR) is 84.7 cm³/mol. The Morgan fingerprint density at radius 3 is 2.86 bits per heavy atom. The van der Waals surface area contributed by atoms with Crippen molar-refractivity contribution < 1.29 is 9.53 Å². The molecule has 0 bridgehead atoms. The fourth-order valence-electron chi connectivity index (χ4n) is 1.61. The standard InChI is InChI=1S/C15H26N4O2/c1-4-6-16-14-12-13(5-7-17-14)15(20)18-8-10-21-11-9-19(2)3/h5,7,12H,4,6,8-11H2,1-3H3,(H,16,17)(H,18,20). The molecule has 0 saturated heterocycles. The van der Waals surface area contributed by atoms with E-state index in [-0.39, 0.29) is 5.91 Å². The normalized spacial score (nSPS) is 10.7. The maximum absolute atomic E-state index is 12.0. The number of carbonyl (C=O) groups excluding carboxylic acids is 1. The van der Waals surface area contributed by atoms with Gasteiger partial charge >= 0.3 is 0 Å². The van der Waals surface area contributed by atoms with Gasteiger partial charge in [-0.1, -0.05) is 6.92 Å². The van der Waals surface area contributed by atoms with E-state index in [0.717, 1.165) is 25.3 Å². The van der Waals surface area contributed by atoms with Crippen molar-refractivity contribution in [2.75, 3.05) is 52.3 Å². The number of anilines is 1. The summed E-state index contributed by atoms with van der Waals surface area (Å²) >= 11 is 0. The topological polar surface area (TPSA) is 66.5 Å². The van der Waals surface area contributed by atoms with E-state index in [0.29, 0.717) is 25.3 Å². The molecule has 1 aromatic rings. The van der Waals surface area contributed by atoms with Crippen LogP contribution in [-0.4, -0.2) is 62.7 Å². The first-order valence-corrected chi connectivity index (χ1v) is 7.34. The summed E-state index contributed by atoms with van der Waals surface area (Å²) in [7, 11) is 4.00. The Morgan fingerprint density at radius 2 is 2.14 bits per heavy atom. The number of ether oxygens (including phenoxy) is 1. The number of amides is 1. The highest BCUT2D eigenvalue weighted by Crippen LogP contribution is 2.06. The summed E-state index contributed by atoms with van der Waals surface area (Å²) in [5.41, 5.74) is 0.608. The van der Waals surface area contributed by atoms with Gasteiger partial charge < -0.3 is 20.3 Å². The van der Waals surface area contributed by atoms with Gasteiger partial charge in [-0.05, 0) is 32.6 Å². The van der Waals surface area contributed by atoms with Gasteiger partial charge in [0.2, 0.25) is 0 Å². The van der Waals surface area contributed by atoms with Crippen molar-refractivity contribution in [1.29, 1.82) is 0 Å². The molecular formula is C15H26N4O2. The molecule has 0 aromatic carbocycles. The molecule has 1 rings (SSSR count). The molecule has 0 fully saturated rings. The number of carbonyl (C=O) groups is 1. The molecule has 0 unspecified atom stereocenters. The Bertz CT molecular complexity index is 424. The highest BCUT2D eigenvalue weighted by molar-refractivity contribution is 5.94. The van der Waals surface area contributed by atoms with Gasteiger partial charge in [-0.3, -0.25) is 4.79 Å². The van der Waals surface area contributed by atoms with E-state index in [4.69, 9.17) is 4.74 Å². The third-order valence-electron chi connectivity index (χ3n) is 2.79. The number of hydrogen-bond donors (Lipinski definition) is 2. The Kier molecular flexibility index (Phi) is 8.38. The Morgan fingerprint density at radius 1 is 1.33 bits per heavy atom. The third kappa shape index (κ3) is 7.63. The minimum absolute atomic E-state index is 0.104. The van der Waals surface area contributed by atoms with E-state index in [2.05, 4.69) is 27.4 Å². The molecule has 6 heteroatoms. The zero-order chi connectivity index (χ0) is 15.5. The monoisotopic (exact) mass is 294 g/mol. The molecule has 0 aliphatic carbocycles. The van der Waals surface area contributed by atoms with Gasteiger partial charge in [-0.15, -0.1) is 0 Å². The van der Waals surface area contributed by atoms with Crippen molar-refractivity contribution in [3.05, 3.63) is 23.9 Å². The minimum atomic E-state index is -0.104.